The van der Waals surface area contributed by atoms with E-state index in [2.05, 4.69) is 4.85 Å². The zero-order valence-corrected chi connectivity index (χ0v) is 21.2. The van der Waals surface area contributed by atoms with Gasteiger partial charge in [-0.25, -0.2) is 4.85 Å². The van der Waals surface area contributed by atoms with E-state index in [-0.39, 0.29) is 17.2 Å². The highest BCUT2D eigenvalue weighted by Crippen LogP contribution is 2.44. The third-order valence-corrected chi connectivity index (χ3v) is 7.29. The minimum absolute atomic E-state index is 0.123. The third-order valence-electron chi connectivity index (χ3n) is 7.29. The predicted octanol–water partition coefficient (Wildman–Crippen LogP) is 8.80. The fourth-order valence-corrected chi connectivity index (χ4v) is 5.30. The van der Waals surface area contributed by atoms with Crippen LogP contribution in [0.15, 0.2) is 34.7 Å². The van der Waals surface area contributed by atoms with Crippen LogP contribution in [-0.4, -0.2) is 0 Å². The van der Waals surface area contributed by atoms with E-state index in [0.717, 1.165) is 35.6 Å². The van der Waals surface area contributed by atoms with E-state index in [4.69, 9.17) is 17.8 Å². The van der Waals surface area contributed by atoms with Crippen molar-refractivity contribution in [2.45, 2.75) is 78.9 Å². The number of fused-ring (bicyclic) bond motifs is 3. The Kier molecular flexibility index (Phi) is 4.32. The Morgan fingerprint density at radius 2 is 2.00 bits per heavy atom. The van der Waals surface area contributed by atoms with Crippen molar-refractivity contribution < 1.29 is 18.6 Å². The molecule has 180 valence electrons. The third kappa shape index (κ3) is 4.04. The quantitative estimate of drug-likeness (QED) is 0.215. The summed E-state index contributed by atoms with van der Waals surface area (Å²) in [5.74, 6) is -1.41. The van der Waals surface area contributed by atoms with Gasteiger partial charge in [-0.05, 0) is 67.6 Å². The molecule has 2 aromatic heterocycles. The van der Waals surface area contributed by atoms with E-state index >= 15 is 0 Å². The molecule has 1 fully saturated rings. The molecule has 0 atom stereocenters. The molecule has 3 nitrogen and oxygen atoms in total. The molecular formula is C32H37N2O+. The first-order valence-corrected chi connectivity index (χ1v) is 12.5. The highest BCUT2D eigenvalue weighted by atomic mass is 16.3. The SMILES string of the molecule is [2H]c1c(C([2H])([2H])C(C)C)c(C([2H])([2H])[2H])c(C)[n+](C)c1-c1c(C)ccc2c1oc1cc([N+]#[C-])c(C3([2H])CCCCC3)cc12. The number of furan rings is 1. The average molecular weight is 473 g/mol. The molecule has 2 heterocycles. The molecule has 1 aliphatic carbocycles. The van der Waals surface area contributed by atoms with Gasteiger partial charge in [0.25, 0.3) is 0 Å². The van der Waals surface area contributed by atoms with Crippen LogP contribution in [-0.2, 0) is 13.4 Å². The van der Waals surface area contributed by atoms with E-state index < -0.39 is 25.0 Å². The lowest BCUT2D eigenvalue weighted by atomic mass is 9.83. The fraction of sp³-hybridized carbons (Fsp3) is 0.438. The second-order valence-corrected chi connectivity index (χ2v) is 10.0. The molecule has 4 aromatic rings. The largest absolute Gasteiger partial charge is 0.456 e. The van der Waals surface area contributed by atoms with Crippen molar-refractivity contribution in [3.05, 3.63) is 69.7 Å². The Morgan fingerprint density at radius 3 is 2.69 bits per heavy atom. The van der Waals surface area contributed by atoms with Crippen molar-refractivity contribution in [1.29, 1.82) is 0 Å². The molecule has 2 aromatic carbocycles. The van der Waals surface area contributed by atoms with Crippen molar-refractivity contribution in [3.63, 3.8) is 0 Å². The molecule has 0 amide bonds. The first-order valence-electron chi connectivity index (χ1n) is 16.0. The highest BCUT2D eigenvalue weighted by Gasteiger charge is 2.26. The summed E-state index contributed by atoms with van der Waals surface area (Å²) in [7, 11) is 1.70. The summed E-state index contributed by atoms with van der Waals surface area (Å²) in [6.45, 7) is 12.2. The Labute approximate surface area is 219 Å². The van der Waals surface area contributed by atoms with Crippen LogP contribution in [0.4, 0.5) is 5.69 Å². The van der Waals surface area contributed by atoms with Gasteiger partial charge in [0.2, 0.25) is 5.69 Å². The fourth-order valence-electron chi connectivity index (χ4n) is 5.30. The zero-order chi connectivity index (χ0) is 30.9. The van der Waals surface area contributed by atoms with Crippen molar-refractivity contribution in [1.82, 2.24) is 0 Å². The monoisotopic (exact) mass is 472 g/mol. The van der Waals surface area contributed by atoms with Crippen LogP contribution < -0.4 is 4.57 Å². The van der Waals surface area contributed by atoms with Crippen molar-refractivity contribution >= 4 is 27.6 Å². The van der Waals surface area contributed by atoms with Gasteiger partial charge in [0.05, 0.1) is 13.5 Å². The van der Waals surface area contributed by atoms with Crippen LogP contribution in [0.1, 0.15) is 89.4 Å². The first-order chi connectivity index (χ1) is 19.5. The molecule has 0 spiro atoms. The van der Waals surface area contributed by atoms with Crippen LogP contribution >= 0.6 is 0 Å². The molecule has 0 aliphatic heterocycles. The van der Waals surface area contributed by atoms with Gasteiger partial charge in [-0.3, -0.25) is 0 Å². The molecule has 0 N–H and O–H groups in total. The van der Waals surface area contributed by atoms with E-state index in [1.54, 1.807) is 38.5 Å². The molecule has 1 aliphatic rings. The number of benzene rings is 2. The smallest absolute Gasteiger partial charge is 0.216 e. The molecule has 0 radical (unpaired) electrons. The summed E-state index contributed by atoms with van der Waals surface area (Å²) in [5.41, 5.74) is 3.97. The second kappa shape index (κ2) is 9.15. The maximum atomic E-state index is 9.34. The molecular weight excluding hydrogens is 428 g/mol. The standard InChI is InChI=1S/C32H37N2O/c1-19(2)15-24-16-29(34(7)22(5)21(24)4)31-20(3)13-14-25-27-17-26(23-11-9-8-10-12-23)28(33-6)18-30(27)35-32(25)31/h13-14,16-19,23H,8-12,15H2,1-5,7H3/q+1/i4D3,15D2,16D,23D. The number of hydrogen-bond acceptors (Lipinski definition) is 1. The van der Waals surface area contributed by atoms with Gasteiger partial charge in [-0.15, -0.1) is 0 Å². The van der Waals surface area contributed by atoms with E-state index in [1.807, 2.05) is 25.1 Å². The highest BCUT2D eigenvalue weighted by molar-refractivity contribution is 6.10. The number of aromatic nitrogens is 1. The van der Waals surface area contributed by atoms with Crippen LogP contribution in [0.5, 0.6) is 0 Å². The summed E-state index contributed by atoms with van der Waals surface area (Å²) < 4.78 is 69.3. The van der Waals surface area contributed by atoms with Crippen molar-refractivity contribution in [2.24, 2.45) is 13.0 Å². The number of aryl methyl sites for hydroxylation is 1. The Balaban J connectivity index is 1.89. The van der Waals surface area contributed by atoms with Crippen LogP contribution in [0.2, 0.25) is 0 Å². The molecule has 3 heteroatoms. The van der Waals surface area contributed by atoms with E-state index in [1.165, 1.54) is 0 Å². The number of nitrogens with zero attached hydrogens (tertiary/aromatic N) is 2. The summed E-state index contributed by atoms with van der Waals surface area (Å²) in [4.78, 5) is 3.78. The summed E-state index contributed by atoms with van der Waals surface area (Å²) in [6.07, 6.45) is 2.33. The van der Waals surface area contributed by atoms with Crippen LogP contribution in [0.3, 0.4) is 0 Å². The van der Waals surface area contributed by atoms with Crippen molar-refractivity contribution in [2.75, 3.05) is 0 Å². The lowest BCUT2D eigenvalue weighted by Crippen LogP contribution is -2.36. The lowest BCUT2D eigenvalue weighted by Gasteiger charge is -2.23. The molecule has 0 unspecified atom stereocenters. The topological polar surface area (TPSA) is 21.4 Å². The molecule has 5 rings (SSSR count). The van der Waals surface area contributed by atoms with Gasteiger partial charge in [-0.2, -0.15) is 4.57 Å². The zero-order valence-electron chi connectivity index (χ0n) is 28.2. The van der Waals surface area contributed by atoms with Crippen LogP contribution in [0, 0.1) is 33.2 Å². The Bertz CT molecular complexity index is 1770. The summed E-state index contributed by atoms with van der Waals surface area (Å²) in [5, 5.41) is 1.56. The second-order valence-electron chi connectivity index (χ2n) is 10.0. The maximum absolute atomic E-state index is 9.34. The van der Waals surface area contributed by atoms with Gasteiger partial charge in [0.15, 0.2) is 11.4 Å². The average Bonchev–Trinajstić information content (AvgIpc) is 3.28. The minimum Gasteiger partial charge on any atom is -0.456 e. The van der Waals surface area contributed by atoms with Gasteiger partial charge in [0.1, 0.15) is 18.2 Å². The van der Waals surface area contributed by atoms with Gasteiger partial charge < -0.3 is 4.42 Å². The van der Waals surface area contributed by atoms with E-state index in [9.17, 15) is 2.74 Å². The van der Waals surface area contributed by atoms with Gasteiger partial charge in [0, 0.05) is 37.5 Å². The van der Waals surface area contributed by atoms with E-state index in [0.29, 0.717) is 52.2 Å². The lowest BCUT2D eigenvalue weighted by molar-refractivity contribution is -0.667. The Morgan fingerprint density at radius 1 is 1.23 bits per heavy atom. The molecule has 0 bridgehead atoms. The summed E-state index contributed by atoms with van der Waals surface area (Å²) in [6, 6.07) is 7.34. The van der Waals surface area contributed by atoms with Crippen LogP contribution in [0.25, 0.3) is 38.0 Å². The minimum atomic E-state index is -2.62. The first kappa shape index (κ1) is 16.5. The molecule has 1 saturated carbocycles. The van der Waals surface area contributed by atoms with Crippen molar-refractivity contribution in [3.8, 4) is 11.3 Å². The molecule has 0 saturated heterocycles. The van der Waals surface area contributed by atoms with Gasteiger partial charge >= 0.3 is 0 Å². The number of rotatable bonds is 4. The molecule has 35 heavy (non-hydrogen) atoms. The number of hydrogen-bond donors (Lipinski definition) is 0. The normalized spacial score (nSPS) is 19.4. The number of pyridine rings is 1. The Hall–Kier alpha value is -3.12. The maximum Gasteiger partial charge on any atom is 0.216 e. The van der Waals surface area contributed by atoms with Gasteiger partial charge in [-0.1, -0.05) is 51.3 Å². The summed E-state index contributed by atoms with van der Waals surface area (Å²) >= 11 is 0. The predicted molar refractivity (Wildman–Crippen MR) is 145 cm³/mol.